The number of hydrogen-bond donors (Lipinski definition) is 1. The van der Waals surface area contributed by atoms with Gasteiger partial charge in [-0.3, -0.25) is 9.36 Å². The fraction of sp³-hybridized carbons (Fsp3) is 0.333. The van der Waals surface area contributed by atoms with Crippen LogP contribution in [0.4, 0.5) is 0 Å². The normalized spacial score (nSPS) is 14.0. The average Bonchev–Trinajstić information content (AvgIpc) is 3.05. The van der Waals surface area contributed by atoms with Gasteiger partial charge in [-0.1, -0.05) is 25.1 Å². The van der Waals surface area contributed by atoms with Crippen LogP contribution in [0.3, 0.4) is 0 Å². The van der Waals surface area contributed by atoms with Crippen molar-refractivity contribution in [2.45, 2.75) is 32.4 Å². The molecule has 28 heavy (non-hydrogen) atoms. The number of nitrogens with zero attached hydrogens (tertiary/aromatic N) is 1. The number of carbonyl (C=O) groups excluding carboxylic acids is 1. The maximum absolute atomic E-state index is 12.5. The minimum atomic E-state index is -0.451. The lowest BCUT2D eigenvalue weighted by atomic mass is 10.0. The molecule has 146 valence electrons. The largest absolute Gasteiger partial charge is 0.486 e. The number of aryl methyl sites for hydroxylation is 1. The van der Waals surface area contributed by atoms with E-state index in [0.29, 0.717) is 30.1 Å². The Balaban J connectivity index is 1.43. The molecular weight excluding hydrogens is 360 g/mol. The molecule has 1 amide bonds. The summed E-state index contributed by atoms with van der Waals surface area (Å²) in [6.07, 6.45) is 0.921. The zero-order valence-electron chi connectivity index (χ0n) is 15.6. The highest BCUT2D eigenvalue weighted by Gasteiger charge is 2.18. The molecule has 0 saturated heterocycles. The minimum absolute atomic E-state index is 0.126. The lowest BCUT2D eigenvalue weighted by Gasteiger charge is -2.22. The number of nitrogens with one attached hydrogen (secondary N) is 1. The maximum Gasteiger partial charge on any atom is 0.419 e. The number of para-hydroxylation sites is 2. The van der Waals surface area contributed by atoms with E-state index in [1.165, 1.54) is 4.57 Å². The Morgan fingerprint density at radius 2 is 1.93 bits per heavy atom. The standard InChI is InChI=1S/C21H22N2O5/c1-2-15(14-7-8-18-19(13-14)27-12-11-26-18)22-20(24)9-10-23-16-5-3-4-6-17(16)28-21(23)25/h3-8,13,15H,2,9-12H2,1H3,(H,22,24). The van der Waals surface area contributed by atoms with E-state index in [4.69, 9.17) is 13.9 Å². The predicted molar refractivity (Wildman–Crippen MR) is 104 cm³/mol. The van der Waals surface area contributed by atoms with Crippen LogP contribution in [-0.2, 0) is 11.3 Å². The van der Waals surface area contributed by atoms with E-state index < -0.39 is 5.76 Å². The molecule has 1 aromatic heterocycles. The number of rotatable bonds is 6. The zero-order valence-corrected chi connectivity index (χ0v) is 15.6. The second-order valence-corrected chi connectivity index (χ2v) is 6.67. The molecule has 1 N–H and O–H groups in total. The van der Waals surface area contributed by atoms with Crippen molar-refractivity contribution >= 4 is 17.0 Å². The van der Waals surface area contributed by atoms with E-state index in [2.05, 4.69) is 5.32 Å². The number of carbonyl (C=O) groups is 1. The molecule has 2 heterocycles. The van der Waals surface area contributed by atoms with Crippen LogP contribution in [0.15, 0.2) is 51.7 Å². The molecule has 2 aromatic carbocycles. The molecule has 1 aliphatic heterocycles. The molecule has 1 aliphatic rings. The van der Waals surface area contributed by atoms with Crippen molar-refractivity contribution in [3.63, 3.8) is 0 Å². The number of fused-ring (bicyclic) bond motifs is 2. The Kier molecular flexibility index (Phi) is 5.06. The van der Waals surface area contributed by atoms with E-state index in [1.807, 2.05) is 43.3 Å². The van der Waals surface area contributed by atoms with Gasteiger partial charge in [-0.2, -0.15) is 0 Å². The summed E-state index contributed by atoms with van der Waals surface area (Å²) < 4.78 is 17.9. The number of benzene rings is 2. The number of oxazole rings is 1. The molecule has 1 unspecified atom stereocenters. The van der Waals surface area contributed by atoms with Gasteiger partial charge in [0.05, 0.1) is 11.6 Å². The Labute approximate surface area is 161 Å². The summed E-state index contributed by atoms with van der Waals surface area (Å²) in [5.41, 5.74) is 2.18. The molecule has 0 bridgehead atoms. The van der Waals surface area contributed by atoms with E-state index >= 15 is 0 Å². The van der Waals surface area contributed by atoms with Crippen LogP contribution in [0.2, 0.25) is 0 Å². The van der Waals surface area contributed by atoms with Crippen LogP contribution in [0.25, 0.3) is 11.1 Å². The van der Waals surface area contributed by atoms with Gasteiger partial charge in [-0.05, 0) is 36.2 Å². The first-order chi connectivity index (χ1) is 13.7. The Bertz CT molecular complexity index is 1050. The first-order valence-electron chi connectivity index (χ1n) is 9.43. The molecule has 0 saturated carbocycles. The molecule has 7 nitrogen and oxygen atoms in total. The Hall–Kier alpha value is -3.22. The van der Waals surface area contributed by atoms with Crippen molar-refractivity contribution < 1.29 is 18.7 Å². The van der Waals surface area contributed by atoms with Gasteiger partial charge in [0, 0.05) is 13.0 Å². The highest BCUT2D eigenvalue weighted by atomic mass is 16.6. The van der Waals surface area contributed by atoms with Crippen molar-refractivity contribution in [2.75, 3.05) is 13.2 Å². The first-order valence-corrected chi connectivity index (χ1v) is 9.43. The molecule has 1 atom stereocenters. The summed E-state index contributed by atoms with van der Waals surface area (Å²) in [6, 6.07) is 12.8. The van der Waals surface area contributed by atoms with Gasteiger partial charge in [-0.25, -0.2) is 4.79 Å². The molecule has 7 heteroatoms. The van der Waals surface area contributed by atoms with Crippen LogP contribution < -0.4 is 20.5 Å². The molecular formula is C21H22N2O5. The fourth-order valence-corrected chi connectivity index (χ4v) is 3.40. The summed E-state index contributed by atoms with van der Waals surface area (Å²) in [4.78, 5) is 24.5. The number of ether oxygens (including phenoxy) is 2. The summed E-state index contributed by atoms with van der Waals surface area (Å²) in [5, 5.41) is 3.04. The maximum atomic E-state index is 12.5. The third-order valence-electron chi connectivity index (χ3n) is 4.85. The fourth-order valence-electron chi connectivity index (χ4n) is 3.40. The van der Waals surface area contributed by atoms with Gasteiger partial charge in [0.1, 0.15) is 13.2 Å². The highest BCUT2D eigenvalue weighted by Crippen LogP contribution is 2.33. The SMILES string of the molecule is CCC(NC(=O)CCn1c(=O)oc2ccccc21)c1ccc2c(c1)OCCO2. The van der Waals surface area contributed by atoms with E-state index in [9.17, 15) is 9.59 Å². The van der Waals surface area contributed by atoms with Crippen LogP contribution >= 0.6 is 0 Å². The van der Waals surface area contributed by atoms with Gasteiger partial charge < -0.3 is 19.2 Å². The molecule has 4 rings (SSSR count). The van der Waals surface area contributed by atoms with E-state index in [1.54, 1.807) is 6.07 Å². The van der Waals surface area contributed by atoms with Crippen LogP contribution in [0.5, 0.6) is 11.5 Å². The Morgan fingerprint density at radius 3 is 2.75 bits per heavy atom. The molecule has 0 fully saturated rings. The zero-order chi connectivity index (χ0) is 19.5. The quantitative estimate of drug-likeness (QED) is 0.709. The van der Waals surface area contributed by atoms with Crippen LogP contribution in [0, 0.1) is 0 Å². The van der Waals surface area contributed by atoms with Crippen molar-refractivity contribution in [1.29, 1.82) is 0 Å². The highest BCUT2D eigenvalue weighted by molar-refractivity contribution is 5.77. The third kappa shape index (κ3) is 3.60. The van der Waals surface area contributed by atoms with E-state index in [-0.39, 0.29) is 24.9 Å². The first kappa shape index (κ1) is 18.2. The van der Waals surface area contributed by atoms with Crippen molar-refractivity contribution in [3.05, 3.63) is 58.6 Å². The second-order valence-electron chi connectivity index (χ2n) is 6.67. The van der Waals surface area contributed by atoms with Gasteiger partial charge >= 0.3 is 5.76 Å². The van der Waals surface area contributed by atoms with Gasteiger partial charge in [0.15, 0.2) is 17.1 Å². The summed E-state index contributed by atoms with van der Waals surface area (Å²) >= 11 is 0. The third-order valence-corrected chi connectivity index (χ3v) is 4.85. The molecule has 3 aromatic rings. The average molecular weight is 382 g/mol. The number of amides is 1. The van der Waals surface area contributed by atoms with Crippen molar-refractivity contribution in [1.82, 2.24) is 9.88 Å². The Morgan fingerprint density at radius 1 is 1.14 bits per heavy atom. The van der Waals surface area contributed by atoms with Crippen molar-refractivity contribution in [3.8, 4) is 11.5 Å². The van der Waals surface area contributed by atoms with Gasteiger partial charge in [0.25, 0.3) is 0 Å². The molecule has 0 radical (unpaired) electrons. The number of hydrogen-bond acceptors (Lipinski definition) is 5. The van der Waals surface area contributed by atoms with Crippen molar-refractivity contribution in [2.24, 2.45) is 0 Å². The summed E-state index contributed by atoms with van der Waals surface area (Å²) in [6.45, 7) is 3.34. The molecule has 0 spiro atoms. The molecule has 0 aliphatic carbocycles. The smallest absolute Gasteiger partial charge is 0.419 e. The van der Waals surface area contributed by atoms with Gasteiger partial charge in [-0.15, -0.1) is 0 Å². The second kappa shape index (κ2) is 7.80. The van der Waals surface area contributed by atoms with E-state index in [0.717, 1.165) is 17.7 Å². The minimum Gasteiger partial charge on any atom is -0.486 e. The van der Waals surface area contributed by atoms with Gasteiger partial charge in [0.2, 0.25) is 5.91 Å². The lowest BCUT2D eigenvalue weighted by molar-refractivity contribution is -0.122. The van der Waals surface area contributed by atoms with Crippen LogP contribution in [0.1, 0.15) is 31.4 Å². The number of aromatic nitrogens is 1. The monoisotopic (exact) mass is 382 g/mol. The lowest BCUT2D eigenvalue weighted by Crippen LogP contribution is -2.30. The summed E-state index contributed by atoms with van der Waals surface area (Å²) in [7, 11) is 0. The summed E-state index contributed by atoms with van der Waals surface area (Å²) in [5.74, 6) is 0.849. The predicted octanol–water partition coefficient (Wildman–Crippen LogP) is 3.02. The van der Waals surface area contributed by atoms with Crippen LogP contribution in [-0.4, -0.2) is 23.7 Å². The topological polar surface area (TPSA) is 82.7 Å².